The van der Waals surface area contributed by atoms with Crippen molar-refractivity contribution in [2.75, 3.05) is 26.3 Å². The Labute approximate surface area is 112 Å². The highest BCUT2D eigenvalue weighted by atomic mass is 16.5. The van der Waals surface area contributed by atoms with E-state index in [1.54, 1.807) is 0 Å². The monoisotopic (exact) mass is 254 g/mol. The molecule has 0 bridgehead atoms. The van der Waals surface area contributed by atoms with E-state index < -0.39 is 0 Å². The van der Waals surface area contributed by atoms with Crippen molar-refractivity contribution in [2.45, 2.75) is 64.5 Å². The van der Waals surface area contributed by atoms with Gasteiger partial charge in [0.1, 0.15) is 0 Å². The maximum Gasteiger partial charge on any atom is 0.0645 e. The number of hydrogen-bond acceptors (Lipinski definition) is 3. The number of morpholine rings is 1. The predicted molar refractivity (Wildman–Crippen MR) is 75.6 cm³/mol. The van der Waals surface area contributed by atoms with E-state index in [1.807, 2.05) is 0 Å². The Bertz CT molecular complexity index is 301. The SMILES string of the molecule is CC1(C)CCCC(CN)(N2CCOCC2(C)C)C1. The highest BCUT2D eigenvalue weighted by Crippen LogP contribution is 2.46. The zero-order valence-electron chi connectivity index (χ0n) is 12.6. The summed E-state index contributed by atoms with van der Waals surface area (Å²) >= 11 is 0. The number of ether oxygens (including phenoxy) is 1. The molecular formula is C15H30N2O. The van der Waals surface area contributed by atoms with Crippen LogP contribution in [0.5, 0.6) is 0 Å². The van der Waals surface area contributed by atoms with Gasteiger partial charge in [0.25, 0.3) is 0 Å². The lowest BCUT2D eigenvalue weighted by atomic mass is 9.66. The molecule has 1 saturated carbocycles. The van der Waals surface area contributed by atoms with Gasteiger partial charge in [0.2, 0.25) is 0 Å². The molecule has 2 aliphatic rings. The van der Waals surface area contributed by atoms with Gasteiger partial charge in [-0.05, 0) is 38.5 Å². The highest BCUT2D eigenvalue weighted by molar-refractivity contribution is 5.04. The Morgan fingerprint density at radius 3 is 2.44 bits per heavy atom. The standard InChI is InChI=1S/C15H30N2O/c1-13(2)6-5-7-15(10-13,11-16)17-8-9-18-12-14(17,3)4/h5-12,16H2,1-4H3. The topological polar surface area (TPSA) is 38.5 Å². The van der Waals surface area contributed by atoms with Gasteiger partial charge < -0.3 is 10.5 Å². The third-order valence-corrected chi connectivity index (χ3v) is 4.90. The quantitative estimate of drug-likeness (QED) is 0.822. The third kappa shape index (κ3) is 2.59. The molecule has 1 aliphatic carbocycles. The number of hydrogen-bond donors (Lipinski definition) is 1. The van der Waals surface area contributed by atoms with Crippen LogP contribution in [0.1, 0.15) is 53.4 Å². The number of rotatable bonds is 2. The minimum absolute atomic E-state index is 0.116. The molecule has 0 aromatic heterocycles. The molecule has 3 nitrogen and oxygen atoms in total. The molecule has 18 heavy (non-hydrogen) atoms. The van der Waals surface area contributed by atoms with E-state index in [1.165, 1.54) is 25.7 Å². The molecule has 1 heterocycles. The molecule has 0 aromatic carbocycles. The summed E-state index contributed by atoms with van der Waals surface area (Å²) in [4.78, 5) is 2.66. The zero-order valence-corrected chi connectivity index (χ0v) is 12.6. The van der Waals surface area contributed by atoms with Crippen molar-refractivity contribution in [1.29, 1.82) is 0 Å². The molecule has 1 unspecified atom stereocenters. The van der Waals surface area contributed by atoms with Crippen molar-refractivity contribution >= 4 is 0 Å². The van der Waals surface area contributed by atoms with Crippen LogP contribution in [0.4, 0.5) is 0 Å². The van der Waals surface area contributed by atoms with Gasteiger partial charge in [-0.2, -0.15) is 0 Å². The molecule has 3 heteroatoms. The van der Waals surface area contributed by atoms with Crippen LogP contribution in [-0.2, 0) is 4.74 Å². The van der Waals surface area contributed by atoms with E-state index >= 15 is 0 Å². The van der Waals surface area contributed by atoms with E-state index in [2.05, 4.69) is 32.6 Å². The fraction of sp³-hybridized carbons (Fsp3) is 1.00. The van der Waals surface area contributed by atoms with E-state index in [0.29, 0.717) is 5.41 Å². The van der Waals surface area contributed by atoms with Crippen molar-refractivity contribution in [3.05, 3.63) is 0 Å². The number of nitrogens with zero attached hydrogens (tertiary/aromatic N) is 1. The van der Waals surface area contributed by atoms with Crippen LogP contribution in [0.25, 0.3) is 0 Å². The Morgan fingerprint density at radius 2 is 1.89 bits per heavy atom. The molecule has 2 fully saturated rings. The van der Waals surface area contributed by atoms with Crippen LogP contribution in [0.3, 0.4) is 0 Å². The minimum atomic E-state index is 0.116. The van der Waals surface area contributed by atoms with Gasteiger partial charge in [-0.1, -0.05) is 20.3 Å². The summed E-state index contributed by atoms with van der Waals surface area (Å²) in [5.74, 6) is 0. The fourth-order valence-electron chi connectivity index (χ4n) is 4.22. The predicted octanol–water partition coefficient (Wildman–Crippen LogP) is 2.39. The molecule has 0 spiro atoms. The van der Waals surface area contributed by atoms with Crippen LogP contribution in [0.2, 0.25) is 0 Å². The molecule has 1 atom stereocenters. The summed E-state index contributed by atoms with van der Waals surface area (Å²) in [6.07, 6.45) is 5.10. The van der Waals surface area contributed by atoms with E-state index in [9.17, 15) is 0 Å². The lowest BCUT2D eigenvalue weighted by Gasteiger charge is -2.57. The Morgan fingerprint density at radius 1 is 1.17 bits per heavy atom. The van der Waals surface area contributed by atoms with Gasteiger partial charge in [0.05, 0.1) is 13.2 Å². The average molecular weight is 254 g/mol. The molecule has 1 aliphatic heterocycles. The van der Waals surface area contributed by atoms with Gasteiger partial charge in [0, 0.05) is 24.2 Å². The summed E-state index contributed by atoms with van der Waals surface area (Å²) in [5.41, 5.74) is 6.96. The van der Waals surface area contributed by atoms with Gasteiger partial charge in [-0.3, -0.25) is 4.90 Å². The second-order valence-corrected chi connectivity index (χ2v) is 7.64. The van der Waals surface area contributed by atoms with Gasteiger partial charge in [-0.15, -0.1) is 0 Å². The molecule has 2 N–H and O–H groups in total. The zero-order chi connectivity index (χ0) is 13.4. The Balaban J connectivity index is 2.25. The van der Waals surface area contributed by atoms with Gasteiger partial charge in [-0.25, -0.2) is 0 Å². The first-order valence-electron chi connectivity index (χ1n) is 7.37. The van der Waals surface area contributed by atoms with Gasteiger partial charge >= 0.3 is 0 Å². The fourth-order valence-corrected chi connectivity index (χ4v) is 4.22. The maximum absolute atomic E-state index is 6.23. The summed E-state index contributed by atoms with van der Waals surface area (Å²) in [7, 11) is 0. The first kappa shape index (κ1) is 14.3. The van der Waals surface area contributed by atoms with Crippen molar-refractivity contribution < 1.29 is 4.74 Å². The summed E-state index contributed by atoms with van der Waals surface area (Å²) in [6, 6.07) is 0. The summed E-state index contributed by atoms with van der Waals surface area (Å²) in [5, 5.41) is 0. The number of nitrogens with two attached hydrogens (primary N) is 1. The summed E-state index contributed by atoms with van der Waals surface area (Å²) < 4.78 is 5.66. The minimum Gasteiger partial charge on any atom is -0.378 e. The molecule has 0 radical (unpaired) electrons. The van der Waals surface area contributed by atoms with Crippen LogP contribution in [0.15, 0.2) is 0 Å². The highest BCUT2D eigenvalue weighted by Gasteiger charge is 2.48. The maximum atomic E-state index is 6.23. The Hall–Kier alpha value is -0.120. The smallest absolute Gasteiger partial charge is 0.0645 e. The molecule has 106 valence electrons. The molecule has 0 amide bonds. The summed E-state index contributed by atoms with van der Waals surface area (Å²) in [6.45, 7) is 12.9. The Kier molecular flexibility index (Phi) is 3.79. The van der Waals surface area contributed by atoms with Crippen molar-refractivity contribution in [3.63, 3.8) is 0 Å². The lowest BCUT2D eigenvalue weighted by Crippen LogP contribution is -2.67. The first-order chi connectivity index (χ1) is 8.31. The third-order valence-electron chi connectivity index (χ3n) is 4.90. The second kappa shape index (κ2) is 4.77. The molecule has 0 aromatic rings. The van der Waals surface area contributed by atoms with Crippen LogP contribution in [-0.4, -0.2) is 42.3 Å². The van der Waals surface area contributed by atoms with Crippen molar-refractivity contribution in [1.82, 2.24) is 4.90 Å². The van der Waals surface area contributed by atoms with E-state index in [4.69, 9.17) is 10.5 Å². The molecule has 2 rings (SSSR count). The second-order valence-electron chi connectivity index (χ2n) is 7.64. The van der Waals surface area contributed by atoms with Crippen LogP contribution in [0, 0.1) is 5.41 Å². The van der Waals surface area contributed by atoms with Crippen LogP contribution >= 0.6 is 0 Å². The normalized spacial score (nSPS) is 36.5. The van der Waals surface area contributed by atoms with Crippen LogP contribution < -0.4 is 5.73 Å². The van der Waals surface area contributed by atoms with Gasteiger partial charge in [0.15, 0.2) is 0 Å². The van der Waals surface area contributed by atoms with Crippen molar-refractivity contribution in [2.24, 2.45) is 11.1 Å². The largest absolute Gasteiger partial charge is 0.378 e. The van der Waals surface area contributed by atoms with E-state index in [0.717, 1.165) is 26.3 Å². The first-order valence-corrected chi connectivity index (χ1v) is 7.37. The molecular weight excluding hydrogens is 224 g/mol. The molecule has 1 saturated heterocycles. The van der Waals surface area contributed by atoms with Crippen molar-refractivity contribution in [3.8, 4) is 0 Å². The van der Waals surface area contributed by atoms with E-state index in [-0.39, 0.29) is 11.1 Å². The average Bonchev–Trinajstić information content (AvgIpc) is 2.26. The lowest BCUT2D eigenvalue weighted by molar-refractivity contribution is -0.125.